The van der Waals surface area contributed by atoms with Crippen LogP contribution in [0.2, 0.25) is 0 Å². The van der Waals surface area contributed by atoms with E-state index in [1.807, 2.05) is 44.2 Å². The summed E-state index contributed by atoms with van der Waals surface area (Å²) in [5, 5.41) is 15.1. The second-order valence-corrected chi connectivity index (χ2v) is 9.78. The number of carbonyl (C=O) groups is 2. The van der Waals surface area contributed by atoms with E-state index in [1.54, 1.807) is 35.4 Å². The van der Waals surface area contributed by atoms with Crippen LogP contribution in [0.5, 0.6) is 0 Å². The van der Waals surface area contributed by atoms with Crippen LogP contribution >= 0.6 is 15.9 Å². The lowest BCUT2D eigenvalue weighted by molar-refractivity contribution is -0.152. The van der Waals surface area contributed by atoms with Crippen molar-refractivity contribution in [2.45, 2.75) is 19.6 Å². The molecule has 3 amide bonds. The average Bonchev–Trinajstić information content (AvgIpc) is 2.87. The van der Waals surface area contributed by atoms with Gasteiger partial charge < -0.3 is 20.2 Å². The summed E-state index contributed by atoms with van der Waals surface area (Å²) in [6.45, 7) is 5.83. The number of hydrogen-bond donors (Lipinski definition) is 2. The van der Waals surface area contributed by atoms with Gasteiger partial charge in [-0.15, -0.1) is 0 Å². The zero-order chi connectivity index (χ0) is 24.7. The zero-order valence-electron chi connectivity index (χ0n) is 19.5. The maximum Gasteiger partial charge on any atom is 0.329 e. The number of urea groups is 1. The molecule has 1 fully saturated rings. The number of piperazine rings is 1. The number of carbonyl (C=O) groups excluding carboxylic acids is 2. The van der Waals surface area contributed by atoms with Gasteiger partial charge in [0, 0.05) is 48.1 Å². The number of anilines is 3. The molecule has 5 rings (SSSR count). The average molecular weight is 536 g/mol. The summed E-state index contributed by atoms with van der Waals surface area (Å²) >= 11 is 3.45. The Hall–Kier alpha value is -3.43. The second-order valence-electron chi connectivity index (χ2n) is 8.86. The first-order valence-electron chi connectivity index (χ1n) is 11.5. The lowest BCUT2D eigenvalue weighted by Gasteiger charge is -2.46. The largest absolute Gasteiger partial charge is 0.359 e. The van der Waals surface area contributed by atoms with Crippen LogP contribution in [0.4, 0.5) is 22.0 Å². The van der Waals surface area contributed by atoms with E-state index in [4.69, 9.17) is 0 Å². The monoisotopic (exact) mass is 535 g/mol. The molecule has 2 N–H and O–H groups in total. The van der Waals surface area contributed by atoms with Crippen molar-refractivity contribution in [3.63, 3.8) is 0 Å². The summed E-state index contributed by atoms with van der Waals surface area (Å²) in [4.78, 5) is 36.7. The molecule has 35 heavy (non-hydrogen) atoms. The molecule has 9 heteroatoms. The molecule has 0 bridgehead atoms. The number of aromatic nitrogens is 1. The second kappa shape index (κ2) is 8.98. The highest BCUT2D eigenvalue weighted by atomic mass is 79.9. The smallest absolute Gasteiger partial charge is 0.329 e. The molecule has 1 saturated heterocycles. The van der Waals surface area contributed by atoms with Crippen LogP contribution < -0.4 is 15.1 Å². The highest BCUT2D eigenvalue weighted by molar-refractivity contribution is 9.10. The van der Waals surface area contributed by atoms with E-state index in [2.05, 4.69) is 31.1 Å². The maximum atomic E-state index is 14.1. The van der Waals surface area contributed by atoms with Gasteiger partial charge in [-0.1, -0.05) is 28.1 Å². The molecular formula is C26H26BrN5O3. The van der Waals surface area contributed by atoms with Crippen molar-refractivity contribution < 1.29 is 14.7 Å². The molecule has 2 aliphatic rings. The number of rotatable bonds is 3. The number of aliphatic hydroxyl groups is 1. The van der Waals surface area contributed by atoms with E-state index in [0.717, 1.165) is 16.9 Å². The number of hydrogen-bond acceptors (Lipinski definition) is 5. The van der Waals surface area contributed by atoms with Gasteiger partial charge in [-0.05, 0) is 67.4 Å². The molecule has 1 atom stereocenters. The van der Waals surface area contributed by atoms with Crippen LogP contribution in [0, 0.1) is 13.8 Å². The number of pyridine rings is 1. The van der Waals surface area contributed by atoms with Crippen molar-refractivity contribution in [1.82, 2.24) is 9.88 Å². The lowest BCUT2D eigenvalue weighted by Crippen LogP contribution is -2.65. The fourth-order valence-corrected chi connectivity index (χ4v) is 4.99. The van der Waals surface area contributed by atoms with E-state index < -0.39 is 17.7 Å². The van der Waals surface area contributed by atoms with Crippen molar-refractivity contribution in [3.8, 4) is 0 Å². The minimum atomic E-state index is -2.21. The van der Waals surface area contributed by atoms with Gasteiger partial charge in [0.2, 0.25) is 0 Å². The molecule has 2 aromatic carbocycles. The predicted molar refractivity (Wildman–Crippen MR) is 138 cm³/mol. The van der Waals surface area contributed by atoms with Gasteiger partial charge in [0.1, 0.15) is 5.82 Å². The summed E-state index contributed by atoms with van der Waals surface area (Å²) in [7, 11) is 0. The van der Waals surface area contributed by atoms with Crippen molar-refractivity contribution >= 4 is 45.1 Å². The standard InChI is InChI=1S/C26H26BrN5O3/c1-17-6-8-20(15-18(17)2)32-25(34)29-22-9-7-19(27)16-21(22)26(32,35)24(33)31-13-11-30(12-14-31)23-5-3-4-10-28-23/h3-10,15-16,35H,11-14H2,1-2H3,(H,29,34)/t26-/m0/s1. The molecule has 3 aromatic rings. The Labute approximate surface area is 212 Å². The molecule has 0 aliphatic carbocycles. The lowest BCUT2D eigenvalue weighted by atomic mass is 9.93. The van der Waals surface area contributed by atoms with Gasteiger partial charge in [-0.3, -0.25) is 9.69 Å². The first-order chi connectivity index (χ1) is 16.8. The zero-order valence-corrected chi connectivity index (χ0v) is 21.1. The fourth-order valence-electron chi connectivity index (χ4n) is 4.63. The van der Waals surface area contributed by atoms with E-state index in [9.17, 15) is 14.7 Å². The number of nitrogens with one attached hydrogen (secondary N) is 1. The Balaban J connectivity index is 1.53. The molecule has 0 radical (unpaired) electrons. The number of nitrogens with zero attached hydrogens (tertiary/aromatic N) is 4. The number of aryl methyl sites for hydroxylation is 2. The van der Waals surface area contributed by atoms with E-state index >= 15 is 0 Å². The minimum absolute atomic E-state index is 0.321. The summed E-state index contributed by atoms with van der Waals surface area (Å²) in [6, 6.07) is 15.8. The Bertz CT molecular complexity index is 1290. The van der Waals surface area contributed by atoms with Gasteiger partial charge in [-0.2, -0.15) is 0 Å². The maximum absolute atomic E-state index is 14.1. The summed E-state index contributed by atoms with van der Waals surface area (Å²) in [5.74, 6) is 0.312. The van der Waals surface area contributed by atoms with Crippen molar-refractivity contribution in [2.75, 3.05) is 41.3 Å². The number of fused-ring (bicyclic) bond motifs is 1. The third-order valence-electron chi connectivity index (χ3n) is 6.71. The highest BCUT2D eigenvalue weighted by Gasteiger charge is 2.54. The molecule has 1 aromatic heterocycles. The first kappa shape index (κ1) is 23.3. The van der Waals surface area contributed by atoms with Crippen molar-refractivity contribution in [3.05, 3.63) is 82.0 Å². The van der Waals surface area contributed by atoms with Crippen molar-refractivity contribution in [2.24, 2.45) is 0 Å². The molecule has 3 heterocycles. The Morgan fingerprint density at radius 1 is 1.03 bits per heavy atom. The number of benzene rings is 2. The van der Waals surface area contributed by atoms with E-state index in [0.29, 0.717) is 47.6 Å². The Morgan fingerprint density at radius 2 is 1.80 bits per heavy atom. The van der Waals surface area contributed by atoms with Crippen LogP contribution in [0.1, 0.15) is 16.7 Å². The van der Waals surface area contributed by atoms with E-state index in [1.165, 1.54) is 4.90 Å². The molecule has 2 aliphatic heterocycles. The molecule has 180 valence electrons. The Morgan fingerprint density at radius 3 is 2.49 bits per heavy atom. The summed E-state index contributed by atoms with van der Waals surface area (Å²) < 4.78 is 0.693. The molecule has 0 spiro atoms. The number of halogens is 1. The molecule has 0 saturated carbocycles. The molecule has 8 nitrogen and oxygen atoms in total. The predicted octanol–water partition coefficient (Wildman–Crippen LogP) is 4.01. The van der Waals surface area contributed by atoms with Gasteiger partial charge >= 0.3 is 6.03 Å². The fraction of sp³-hybridized carbons (Fsp3) is 0.269. The Kier molecular flexibility index (Phi) is 5.98. The van der Waals surface area contributed by atoms with Crippen LogP contribution in [0.15, 0.2) is 65.3 Å². The van der Waals surface area contributed by atoms with Gasteiger partial charge in [0.05, 0.1) is 5.69 Å². The molecular weight excluding hydrogens is 510 g/mol. The summed E-state index contributed by atoms with van der Waals surface area (Å²) in [5.41, 5.74) is 0.960. The van der Waals surface area contributed by atoms with E-state index in [-0.39, 0.29) is 0 Å². The van der Waals surface area contributed by atoms with Crippen LogP contribution in [0.3, 0.4) is 0 Å². The summed E-state index contributed by atoms with van der Waals surface area (Å²) in [6.07, 6.45) is 1.74. The quantitative estimate of drug-likeness (QED) is 0.529. The normalized spacial score (nSPS) is 19.9. The SMILES string of the molecule is Cc1ccc(N2C(=O)Nc3ccc(Br)cc3[C@]2(O)C(=O)N2CCN(c3ccccn3)CC2)cc1C. The van der Waals surface area contributed by atoms with Gasteiger partial charge in [0.25, 0.3) is 11.6 Å². The van der Waals surface area contributed by atoms with Gasteiger partial charge in [-0.25, -0.2) is 9.78 Å². The third-order valence-corrected chi connectivity index (χ3v) is 7.21. The minimum Gasteiger partial charge on any atom is -0.359 e. The highest BCUT2D eigenvalue weighted by Crippen LogP contribution is 2.42. The van der Waals surface area contributed by atoms with Crippen molar-refractivity contribution in [1.29, 1.82) is 0 Å². The first-order valence-corrected chi connectivity index (χ1v) is 12.2. The third kappa shape index (κ3) is 4.04. The molecule has 0 unspecified atom stereocenters. The van der Waals surface area contributed by atoms with Gasteiger partial charge in [0.15, 0.2) is 0 Å². The van der Waals surface area contributed by atoms with Crippen LogP contribution in [-0.2, 0) is 10.5 Å². The van der Waals surface area contributed by atoms with Crippen LogP contribution in [-0.4, -0.2) is 53.1 Å². The number of amides is 3. The topological polar surface area (TPSA) is 89.0 Å². The van der Waals surface area contributed by atoms with Crippen LogP contribution in [0.25, 0.3) is 0 Å².